The second-order valence-corrected chi connectivity index (χ2v) is 6.26. The molecular weight excluding hydrogens is 332 g/mol. The summed E-state index contributed by atoms with van der Waals surface area (Å²) in [6.45, 7) is -0.763. The van der Waals surface area contributed by atoms with Crippen LogP contribution >= 0.6 is 0 Å². The van der Waals surface area contributed by atoms with Gasteiger partial charge >= 0.3 is 0 Å². The van der Waals surface area contributed by atoms with Crippen molar-refractivity contribution in [2.45, 2.75) is 12.1 Å². The molecule has 1 fully saturated rings. The maximum atomic E-state index is 12.7. The molecule has 6 nitrogen and oxygen atoms in total. The first-order valence-corrected chi connectivity index (χ1v) is 8.56. The summed E-state index contributed by atoms with van der Waals surface area (Å²) in [6.07, 6.45) is 0. The van der Waals surface area contributed by atoms with Crippen LogP contribution in [0.5, 0.6) is 0 Å². The van der Waals surface area contributed by atoms with Gasteiger partial charge in [-0.05, 0) is 11.1 Å². The van der Waals surface area contributed by atoms with Gasteiger partial charge < -0.3 is 20.0 Å². The van der Waals surface area contributed by atoms with Crippen LogP contribution in [0, 0.1) is 0 Å². The van der Waals surface area contributed by atoms with E-state index in [0.29, 0.717) is 0 Å². The highest BCUT2D eigenvalue weighted by molar-refractivity contribution is 5.93. The minimum Gasteiger partial charge on any atom is -0.394 e. The molecule has 0 unspecified atom stereocenters. The summed E-state index contributed by atoms with van der Waals surface area (Å²) < 4.78 is 0. The third kappa shape index (κ3) is 3.61. The average molecular weight is 354 g/mol. The summed E-state index contributed by atoms with van der Waals surface area (Å²) in [5.41, 5.74) is 1.57. The van der Waals surface area contributed by atoms with Gasteiger partial charge in [-0.2, -0.15) is 0 Å². The fourth-order valence-corrected chi connectivity index (χ4v) is 3.34. The predicted molar refractivity (Wildman–Crippen MR) is 96.0 cm³/mol. The molecule has 136 valence electrons. The molecule has 0 saturated carbocycles. The zero-order chi connectivity index (χ0) is 18.5. The molecule has 1 aliphatic rings. The molecule has 2 atom stereocenters. The molecule has 0 radical (unpaired) electrons. The van der Waals surface area contributed by atoms with Crippen molar-refractivity contribution in [3.63, 3.8) is 0 Å². The zero-order valence-electron chi connectivity index (χ0n) is 14.4. The second-order valence-electron chi connectivity index (χ2n) is 6.26. The first-order valence-electron chi connectivity index (χ1n) is 8.56. The van der Waals surface area contributed by atoms with Crippen LogP contribution in [0.4, 0.5) is 0 Å². The van der Waals surface area contributed by atoms with Crippen LogP contribution in [0.15, 0.2) is 60.7 Å². The third-order valence-corrected chi connectivity index (χ3v) is 4.72. The summed E-state index contributed by atoms with van der Waals surface area (Å²) in [5, 5.41) is 19.6. The van der Waals surface area contributed by atoms with E-state index in [4.69, 9.17) is 0 Å². The van der Waals surface area contributed by atoms with Crippen molar-refractivity contribution >= 4 is 11.8 Å². The first kappa shape index (κ1) is 18.1. The number of piperazine rings is 1. The van der Waals surface area contributed by atoms with Gasteiger partial charge in [-0.25, -0.2) is 0 Å². The Labute approximate surface area is 152 Å². The van der Waals surface area contributed by atoms with E-state index in [2.05, 4.69) is 0 Å². The Hall–Kier alpha value is -2.70. The van der Waals surface area contributed by atoms with Crippen LogP contribution in [-0.4, -0.2) is 58.1 Å². The van der Waals surface area contributed by atoms with Crippen molar-refractivity contribution < 1.29 is 19.8 Å². The number of carbonyl (C=O) groups is 2. The van der Waals surface area contributed by atoms with Crippen LogP contribution in [0.2, 0.25) is 0 Å². The molecule has 3 rings (SSSR count). The Balaban J connectivity index is 1.81. The average Bonchev–Trinajstić information content (AvgIpc) is 2.68. The number of hydrogen-bond acceptors (Lipinski definition) is 4. The lowest BCUT2D eigenvalue weighted by Crippen LogP contribution is -2.56. The molecule has 2 aromatic rings. The second kappa shape index (κ2) is 8.12. The molecule has 2 amide bonds. The SMILES string of the molecule is O=C1CN([C@@H](CO)c2ccccc2)C(=O)CN1[C@@H](CO)c1ccccc1. The van der Waals surface area contributed by atoms with E-state index in [0.717, 1.165) is 11.1 Å². The van der Waals surface area contributed by atoms with Crippen molar-refractivity contribution in [3.05, 3.63) is 71.8 Å². The lowest BCUT2D eigenvalue weighted by atomic mass is 10.0. The van der Waals surface area contributed by atoms with Gasteiger partial charge in [-0.1, -0.05) is 60.7 Å². The molecule has 2 aromatic carbocycles. The number of amides is 2. The van der Waals surface area contributed by atoms with E-state index in [1.165, 1.54) is 9.80 Å². The highest BCUT2D eigenvalue weighted by atomic mass is 16.3. The summed E-state index contributed by atoms with van der Waals surface area (Å²) in [7, 11) is 0. The normalized spacial score (nSPS) is 17.3. The van der Waals surface area contributed by atoms with Gasteiger partial charge in [0.05, 0.1) is 25.3 Å². The monoisotopic (exact) mass is 354 g/mol. The number of hydrogen-bond donors (Lipinski definition) is 2. The van der Waals surface area contributed by atoms with Crippen LogP contribution in [0.3, 0.4) is 0 Å². The molecular formula is C20H22N2O4. The van der Waals surface area contributed by atoms with Gasteiger partial charge in [0, 0.05) is 0 Å². The fourth-order valence-electron chi connectivity index (χ4n) is 3.34. The maximum absolute atomic E-state index is 12.7. The van der Waals surface area contributed by atoms with Crippen molar-refractivity contribution in [1.29, 1.82) is 0 Å². The number of aliphatic hydroxyl groups is 2. The molecule has 1 saturated heterocycles. The smallest absolute Gasteiger partial charge is 0.243 e. The largest absolute Gasteiger partial charge is 0.394 e. The van der Waals surface area contributed by atoms with E-state index in [9.17, 15) is 19.8 Å². The summed E-state index contributed by atoms with van der Waals surface area (Å²) >= 11 is 0. The number of rotatable bonds is 6. The number of nitrogens with zero attached hydrogens (tertiary/aromatic N) is 2. The molecule has 1 heterocycles. The molecule has 0 aromatic heterocycles. The number of benzene rings is 2. The van der Waals surface area contributed by atoms with Gasteiger partial charge in [0.25, 0.3) is 0 Å². The van der Waals surface area contributed by atoms with E-state index in [-0.39, 0.29) is 38.1 Å². The minimum atomic E-state index is -0.556. The Morgan fingerprint density at radius 3 is 1.35 bits per heavy atom. The van der Waals surface area contributed by atoms with Crippen LogP contribution in [-0.2, 0) is 9.59 Å². The Bertz CT molecular complexity index is 685. The van der Waals surface area contributed by atoms with Crippen molar-refractivity contribution in [2.24, 2.45) is 0 Å². The van der Waals surface area contributed by atoms with Crippen molar-refractivity contribution in [3.8, 4) is 0 Å². The number of aliphatic hydroxyl groups excluding tert-OH is 2. The fraction of sp³-hybridized carbons (Fsp3) is 0.300. The van der Waals surface area contributed by atoms with Gasteiger partial charge in [0.1, 0.15) is 13.1 Å². The van der Waals surface area contributed by atoms with E-state index in [1.807, 2.05) is 60.7 Å². The van der Waals surface area contributed by atoms with Gasteiger partial charge in [0.15, 0.2) is 0 Å². The van der Waals surface area contributed by atoms with Crippen molar-refractivity contribution in [2.75, 3.05) is 26.3 Å². The van der Waals surface area contributed by atoms with Crippen molar-refractivity contribution in [1.82, 2.24) is 9.80 Å². The highest BCUT2D eigenvalue weighted by Crippen LogP contribution is 2.27. The molecule has 0 spiro atoms. The summed E-state index contributed by atoms with van der Waals surface area (Å²) in [4.78, 5) is 28.3. The molecule has 6 heteroatoms. The minimum absolute atomic E-state index is 0.123. The quantitative estimate of drug-likeness (QED) is 0.815. The van der Waals surface area contributed by atoms with Crippen LogP contribution in [0.1, 0.15) is 23.2 Å². The van der Waals surface area contributed by atoms with Gasteiger partial charge in [-0.3, -0.25) is 9.59 Å². The Morgan fingerprint density at radius 1 is 0.692 bits per heavy atom. The zero-order valence-corrected chi connectivity index (χ0v) is 14.4. The van der Waals surface area contributed by atoms with E-state index < -0.39 is 12.1 Å². The lowest BCUT2D eigenvalue weighted by molar-refractivity contribution is -0.156. The Morgan fingerprint density at radius 2 is 1.04 bits per heavy atom. The standard InChI is InChI=1S/C20H22N2O4/c23-13-17(15-7-3-1-4-8-15)21-11-20(26)22(12-19(21)25)18(14-24)16-9-5-2-6-10-16/h1-10,17-18,23-24H,11-14H2/t17-,18-/m0/s1. The topological polar surface area (TPSA) is 81.1 Å². The molecule has 1 aliphatic heterocycles. The molecule has 0 bridgehead atoms. The summed E-state index contributed by atoms with van der Waals surface area (Å²) in [6, 6.07) is 17.2. The van der Waals surface area contributed by atoms with Gasteiger partial charge in [-0.15, -0.1) is 0 Å². The van der Waals surface area contributed by atoms with Gasteiger partial charge in [0.2, 0.25) is 11.8 Å². The van der Waals surface area contributed by atoms with Crippen LogP contribution < -0.4 is 0 Å². The van der Waals surface area contributed by atoms with E-state index in [1.54, 1.807) is 0 Å². The molecule has 0 aliphatic carbocycles. The lowest BCUT2D eigenvalue weighted by Gasteiger charge is -2.41. The van der Waals surface area contributed by atoms with Crippen LogP contribution in [0.25, 0.3) is 0 Å². The maximum Gasteiger partial charge on any atom is 0.243 e. The molecule has 26 heavy (non-hydrogen) atoms. The predicted octanol–water partition coefficient (Wildman–Crippen LogP) is 1.12. The third-order valence-electron chi connectivity index (χ3n) is 4.72. The highest BCUT2D eigenvalue weighted by Gasteiger charge is 2.37. The summed E-state index contributed by atoms with van der Waals surface area (Å²) in [5.74, 6) is -0.497. The first-order chi connectivity index (χ1) is 12.7. The van der Waals surface area contributed by atoms with E-state index >= 15 is 0 Å². The Kier molecular flexibility index (Phi) is 5.65. The number of carbonyl (C=O) groups excluding carboxylic acids is 2. The molecule has 2 N–H and O–H groups in total.